The van der Waals surface area contributed by atoms with Crippen molar-refractivity contribution < 1.29 is 22.7 Å². The molecular formula is C23H29F3N6O2. The Kier molecular flexibility index (Phi) is 6.83. The van der Waals surface area contributed by atoms with Gasteiger partial charge in [0.05, 0.1) is 30.5 Å². The standard InChI is InChI=1S/C23H29F3N6O2/c1-14(16-11-17(23(24,25)26)13-18(27)12-16)28-21-19-3-5-31(6-4-20(19)29-15(2)30-21)22(33)32-7-9-34-10-8-32/h11-14H,3-10,27H2,1-2H3,(H,28,29,30)/t14-/m1/s1. The highest BCUT2D eigenvalue weighted by molar-refractivity contribution is 5.74. The summed E-state index contributed by atoms with van der Waals surface area (Å²) in [5.41, 5.74) is 7.15. The van der Waals surface area contributed by atoms with Gasteiger partial charge in [0.25, 0.3) is 0 Å². The molecule has 1 saturated heterocycles. The van der Waals surface area contributed by atoms with E-state index in [-0.39, 0.29) is 11.7 Å². The average Bonchev–Trinajstić information content (AvgIpc) is 3.01. The summed E-state index contributed by atoms with van der Waals surface area (Å²) >= 11 is 0. The minimum Gasteiger partial charge on any atom is -0.399 e. The van der Waals surface area contributed by atoms with Crippen LogP contribution in [-0.4, -0.2) is 65.2 Å². The molecule has 11 heteroatoms. The van der Waals surface area contributed by atoms with E-state index in [1.54, 1.807) is 18.7 Å². The lowest BCUT2D eigenvalue weighted by molar-refractivity contribution is -0.137. The lowest BCUT2D eigenvalue weighted by Gasteiger charge is -2.32. The molecule has 0 unspecified atom stereocenters. The monoisotopic (exact) mass is 478 g/mol. The molecule has 2 aromatic rings. The number of hydrogen-bond acceptors (Lipinski definition) is 6. The maximum absolute atomic E-state index is 13.3. The molecular weight excluding hydrogens is 449 g/mol. The molecule has 0 bridgehead atoms. The number of halogens is 3. The van der Waals surface area contributed by atoms with Gasteiger partial charge < -0.3 is 25.6 Å². The van der Waals surface area contributed by atoms with Crippen LogP contribution in [0.5, 0.6) is 0 Å². The number of alkyl halides is 3. The van der Waals surface area contributed by atoms with E-state index in [0.29, 0.717) is 69.4 Å². The van der Waals surface area contributed by atoms with Crippen LogP contribution in [-0.2, 0) is 23.8 Å². The molecule has 1 aromatic carbocycles. The minimum absolute atomic E-state index is 0.0110. The summed E-state index contributed by atoms with van der Waals surface area (Å²) in [6, 6.07) is 3.07. The number of fused-ring (bicyclic) bond motifs is 1. The number of anilines is 2. The fourth-order valence-corrected chi connectivity index (χ4v) is 4.37. The van der Waals surface area contributed by atoms with E-state index in [2.05, 4.69) is 15.3 Å². The molecule has 8 nitrogen and oxygen atoms in total. The molecule has 2 amide bonds. The quantitative estimate of drug-likeness (QED) is 0.657. The van der Waals surface area contributed by atoms with Gasteiger partial charge in [0.1, 0.15) is 11.6 Å². The van der Waals surface area contributed by atoms with Crippen molar-refractivity contribution in [2.45, 2.75) is 38.9 Å². The minimum atomic E-state index is -4.48. The zero-order valence-electron chi connectivity index (χ0n) is 19.3. The van der Waals surface area contributed by atoms with Crippen LogP contribution in [0, 0.1) is 6.92 Å². The van der Waals surface area contributed by atoms with Crippen LogP contribution < -0.4 is 11.1 Å². The van der Waals surface area contributed by atoms with Crippen molar-refractivity contribution in [3.8, 4) is 0 Å². The first-order valence-electron chi connectivity index (χ1n) is 11.3. The van der Waals surface area contributed by atoms with Gasteiger partial charge >= 0.3 is 12.2 Å². The van der Waals surface area contributed by atoms with Crippen molar-refractivity contribution in [1.82, 2.24) is 19.8 Å². The Morgan fingerprint density at radius 3 is 2.47 bits per heavy atom. The van der Waals surface area contributed by atoms with Gasteiger partial charge in [0, 0.05) is 43.9 Å². The molecule has 0 aliphatic carbocycles. The van der Waals surface area contributed by atoms with Crippen molar-refractivity contribution in [2.24, 2.45) is 0 Å². The van der Waals surface area contributed by atoms with E-state index < -0.39 is 17.8 Å². The van der Waals surface area contributed by atoms with Crippen molar-refractivity contribution in [3.05, 3.63) is 46.4 Å². The number of ether oxygens (including phenoxy) is 1. The molecule has 0 radical (unpaired) electrons. The Morgan fingerprint density at radius 1 is 1.09 bits per heavy atom. The third kappa shape index (κ3) is 5.35. The number of nitrogens with zero attached hydrogens (tertiary/aromatic N) is 4. The SMILES string of the molecule is Cc1nc2c(c(N[C@H](C)c3cc(N)cc(C(F)(F)F)c3)n1)CCN(C(=O)N1CCOCC1)CC2. The first-order chi connectivity index (χ1) is 16.1. The number of aryl methyl sites for hydroxylation is 1. The number of urea groups is 1. The summed E-state index contributed by atoms with van der Waals surface area (Å²) in [7, 11) is 0. The summed E-state index contributed by atoms with van der Waals surface area (Å²) in [6.07, 6.45) is -3.36. The predicted octanol–water partition coefficient (Wildman–Crippen LogP) is 3.41. The smallest absolute Gasteiger partial charge is 0.399 e. The number of morpholine rings is 1. The topological polar surface area (TPSA) is 96.6 Å². The number of carbonyl (C=O) groups excluding carboxylic acids is 1. The van der Waals surface area contributed by atoms with Gasteiger partial charge in [-0.05, 0) is 44.0 Å². The Labute approximate surface area is 196 Å². The Hall–Kier alpha value is -3.08. The number of aromatic nitrogens is 2. The van der Waals surface area contributed by atoms with Crippen molar-refractivity contribution >= 4 is 17.5 Å². The second-order valence-electron chi connectivity index (χ2n) is 8.67. The van der Waals surface area contributed by atoms with E-state index in [0.717, 1.165) is 23.4 Å². The van der Waals surface area contributed by atoms with E-state index in [4.69, 9.17) is 10.5 Å². The summed E-state index contributed by atoms with van der Waals surface area (Å²) in [5, 5.41) is 3.26. The van der Waals surface area contributed by atoms with Crippen LogP contribution in [0.3, 0.4) is 0 Å². The number of amides is 2. The van der Waals surface area contributed by atoms with E-state index in [9.17, 15) is 18.0 Å². The van der Waals surface area contributed by atoms with Crippen molar-refractivity contribution in [3.63, 3.8) is 0 Å². The largest absolute Gasteiger partial charge is 0.416 e. The predicted molar refractivity (Wildman–Crippen MR) is 121 cm³/mol. The van der Waals surface area contributed by atoms with E-state index >= 15 is 0 Å². The number of hydrogen-bond donors (Lipinski definition) is 2. The number of nitrogens with two attached hydrogens (primary N) is 1. The molecule has 1 atom stereocenters. The van der Waals surface area contributed by atoms with Gasteiger partial charge in [-0.15, -0.1) is 0 Å². The number of carbonyl (C=O) groups is 1. The zero-order chi connectivity index (χ0) is 24.5. The second-order valence-corrected chi connectivity index (χ2v) is 8.67. The van der Waals surface area contributed by atoms with Crippen LogP contribution in [0.4, 0.5) is 29.5 Å². The maximum atomic E-state index is 13.3. The number of benzene rings is 1. The third-order valence-electron chi connectivity index (χ3n) is 6.17. The average molecular weight is 479 g/mol. The molecule has 0 saturated carbocycles. The third-order valence-corrected chi connectivity index (χ3v) is 6.17. The first kappa shape index (κ1) is 24.1. The fraction of sp³-hybridized carbons (Fsp3) is 0.522. The molecule has 2 aliphatic heterocycles. The highest BCUT2D eigenvalue weighted by Crippen LogP contribution is 2.34. The lowest BCUT2D eigenvalue weighted by Crippen LogP contribution is -2.48. The molecule has 2 aliphatic rings. The Balaban J connectivity index is 1.54. The van der Waals surface area contributed by atoms with E-state index in [1.165, 1.54) is 6.07 Å². The van der Waals surface area contributed by atoms with Crippen LogP contribution in [0.15, 0.2) is 18.2 Å². The summed E-state index contributed by atoms with van der Waals surface area (Å²) < 4.78 is 45.1. The summed E-state index contributed by atoms with van der Waals surface area (Å²) in [4.78, 5) is 25.7. The Bertz CT molecular complexity index is 1060. The van der Waals surface area contributed by atoms with Crippen molar-refractivity contribution in [2.75, 3.05) is 50.4 Å². The molecule has 3 heterocycles. The number of nitrogen functional groups attached to an aromatic ring is 1. The van der Waals surface area contributed by atoms with Crippen LogP contribution in [0.2, 0.25) is 0 Å². The second kappa shape index (κ2) is 9.65. The van der Waals surface area contributed by atoms with Crippen molar-refractivity contribution in [1.29, 1.82) is 0 Å². The molecule has 1 aromatic heterocycles. The molecule has 0 spiro atoms. The van der Waals surface area contributed by atoms with Crippen LogP contribution >= 0.6 is 0 Å². The number of rotatable bonds is 3. The van der Waals surface area contributed by atoms with Gasteiger partial charge in [0.2, 0.25) is 0 Å². The first-order valence-corrected chi connectivity index (χ1v) is 11.3. The maximum Gasteiger partial charge on any atom is 0.416 e. The number of nitrogens with one attached hydrogen (secondary N) is 1. The highest BCUT2D eigenvalue weighted by Gasteiger charge is 2.32. The lowest BCUT2D eigenvalue weighted by atomic mass is 10.0. The van der Waals surface area contributed by atoms with Crippen LogP contribution in [0.25, 0.3) is 0 Å². The van der Waals surface area contributed by atoms with E-state index in [1.807, 2.05) is 4.90 Å². The Morgan fingerprint density at radius 2 is 1.76 bits per heavy atom. The van der Waals surface area contributed by atoms with Crippen LogP contribution in [0.1, 0.15) is 41.2 Å². The summed E-state index contributed by atoms with van der Waals surface area (Å²) in [6.45, 7) is 6.82. The molecule has 3 N–H and O–H groups in total. The van der Waals surface area contributed by atoms with Gasteiger partial charge in [0.15, 0.2) is 0 Å². The molecule has 34 heavy (non-hydrogen) atoms. The summed E-state index contributed by atoms with van der Waals surface area (Å²) in [5.74, 6) is 1.14. The molecule has 1 fully saturated rings. The van der Waals surface area contributed by atoms with Gasteiger partial charge in [-0.2, -0.15) is 13.2 Å². The van der Waals surface area contributed by atoms with Gasteiger partial charge in [-0.3, -0.25) is 0 Å². The molecule has 184 valence electrons. The molecule has 4 rings (SSSR count). The fourth-order valence-electron chi connectivity index (χ4n) is 4.37. The normalized spacial score (nSPS) is 17.7. The highest BCUT2D eigenvalue weighted by atomic mass is 19.4. The van der Waals surface area contributed by atoms with Gasteiger partial charge in [-0.1, -0.05) is 0 Å². The van der Waals surface area contributed by atoms with Gasteiger partial charge in [-0.25, -0.2) is 14.8 Å². The zero-order valence-corrected chi connectivity index (χ0v) is 19.3.